The van der Waals surface area contributed by atoms with Crippen LogP contribution in [0.3, 0.4) is 0 Å². The second kappa shape index (κ2) is 7.53. The first-order valence-corrected chi connectivity index (χ1v) is 10.4. The predicted molar refractivity (Wildman–Crippen MR) is 118 cm³/mol. The van der Waals surface area contributed by atoms with Gasteiger partial charge in [-0.2, -0.15) is 0 Å². The summed E-state index contributed by atoms with van der Waals surface area (Å²) in [6, 6.07) is 10.3. The van der Waals surface area contributed by atoms with Gasteiger partial charge in [0, 0.05) is 11.6 Å². The molecule has 1 saturated heterocycles. The largest absolute Gasteiger partial charge is 0.365 e. The monoisotopic (exact) mass is 403 g/mol. The van der Waals surface area contributed by atoms with Crippen molar-refractivity contribution >= 4 is 22.6 Å². The van der Waals surface area contributed by atoms with Crippen molar-refractivity contribution in [2.75, 3.05) is 25.5 Å². The molecule has 2 N–H and O–H groups in total. The van der Waals surface area contributed by atoms with Gasteiger partial charge >= 0.3 is 0 Å². The van der Waals surface area contributed by atoms with E-state index in [1.54, 1.807) is 6.33 Å². The number of nitrogens with one attached hydrogen (secondary N) is 2. The molecule has 1 aliphatic heterocycles. The van der Waals surface area contributed by atoms with E-state index in [2.05, 4.69) is 44.1 Å². The Morgan fingerprint density at radius 3 is 2.63 bits per heavy atom. The quantitative estimate of drug-likeness (QED) is 0.544. The van der Waals surface area contributed by atoms with Crippen molar-refractivity contribution in [3.05, 3.63) is 52.7 Å². The summed E-state index contributed by atoms with van der Waals surface area (Å²) < 4.78 is 1.89. The Hall–Kier alpha value is -3.26. The third-order valence-corrected chi connectivity index (χ3v) is 5.89. The number of H-pyrrole nitrogens is 1. The summed E-state index contributed by atoms with van der Waals surface area (Å²) in [6.45, 7) is 4.16. The summed E-state index contributed by atoms with van der Waals surface area (Å²) in [4.78, 5) is 31.9. The maximum Gasteiger partial charge on any atom is 0.292 e. The highest BCUT2D eigenvalue weighted by molar-refractivity contribution is 5.85. The van der Waals surface area contributed by atoms with Crippen LogP contribution in [0.1, 0.15) is 25.5 Å². The van der Waals surface area contributed by atoms with Crippen LogP contribution >= 0.6 is 0 Å². The van der Waals surface area contributed by atoms with Crippen LogP contribution in [0.2, 0.25) is 0 Å². The highest BCUT2D eigenvalue weighted by Crippen LogP contribution is 2.27. The van der Waals surface area contributed by atoms with Crippen molar-refractivity contribution in [3.63, 3.8) is 0 Å². The zero-order chi connectivity index (χ0) is 20.7. The molecule has 4 heterocycles. The molecule has 0 bridgehead atoms. The number of hydrogen-bond acceptors (Lipinski definition) is 6. The average molecular weight is 403 g/mol. The van der Waals surface area contributed by atoms with E-state index in [-0.39, 0.29) is 5.56 Å². The number of rotatable bonds is 4. The second-order valence-electron chi connectivity index (χ2n) is 7.88. The van der Waals surface area contributed by atoms with E-state index in [0.717, 1.165) is 49.3 Å². The van der Waals surface area contributed by atoms with Crippen LogP contribution in [-0.2, 0) is 6.42 Å². The Morgan fingerprint density at radius 1 is 1.13 bits per heavy atom. The highest BCUT2D eigenvalue weighted by atomic mass is 16.1. The molecule has 1 aliphatic rings. The highest BCUT2D eigenvalue weighted by Gasteiger charge is 2.22. The first-order valence-electron chi connectivity index (χ1n) is 10.4. The van der Waals surface area contributed by atoms with Gasteiger partial charge in [-0.25, -0.2) is 15.0 Å². The van der Waals surface area contributed by atoms with E-state index in [9.17, 15) is 4.79 Å². The number of hydrogen-bond donors (Lipinski definition) is 2. The molecule has 8 heteroatoms. The zero-order valence-electron chi connectivity index (χ0n) is 17.2. The van der Waals surface area contributed by atoms with Crippen LogP contribution in [0.5, 0.6) is 0 Å². The fraction of sp³-hybridized carbons (Fsp3) is 0.364. The lowest BCUT2D eigenvalue weighted by atomic mass is 10.1. The molecule has 154 valence electrons. The Bertz CT molecular complexity index is 1250. The normalized spacial score (nSPS) is 15.8. The Morgan fingerprint density at radius 2 is 1.90 bits per heavy atom. The molecule has 0 spiro atoms. The van der Waals surface area contributed by atoms with Gasteiger partial charge in [0.1, 0.15) is 11.8 Å². The van der Waals surface area contributed by atoms with Crippen LogP contribution in [0, 0.1) is 0 Å². The van der Waals surface area contributed by atoms with E-state index in [1.165, 1.54) is 0 Å². The van der Waals surface area contributed by atoms with E-state index in [1.807, 2.05) is 34.7 Å². The smallest absolute Gasteiger partial charge is 0.292 e. The Labute approximate surface area is 174 Å². The SMILES string of the molecule is CCc1c(-c2ccccc2)nc2c(=O)[nH]c3c(NC4CCN(C)CC4)ncnc3n12. The van der Waals surface area contributed by atoms with Crippen molar-refractivity contribution in [1.82, 2.24) is 29.2 Å². The molecule has 4 aromatic rings. The minimum Gasteiger partial charge on any atom is -0.365 e. The average Bonchev–Trinajstić information content (AvgIpc) is 3.17. The number of aryl methyl sites for hydroxylation is 1. The van der Waals surface area contributed by atoms with Crippen LogP contribution < -0.4 is 10.9 Å². The van der Waals surface area contributed by atoms with Crippen LogP contribution in [-0.4, -0.2) is 55.4 Å². The number of imidazole rings is 1. The van der Waals surface area contributed by atoms with Gasteiger partial charge in [0.25, 0.3) is 5.56 Å². The van der Waals surface area contributed by atoms with Gasteiger partial charge in [-0.3, -0.25) is 9.20 Å². The third-order valence-electron chi connectivity index (χ3n) is 5.89. The lowest BCUT2D eigenvalue weighted by Gasteiger charge is -2.29. The van der Waals surface area contributed by atoms with Gasteiger partial charge in [-0.15, -0.1) is 0 Å². The molecule has 1 aromatic carbocycles. The molecule has 30 heavy (non-hydrogen) atoms. The number of anilines is 1. The summed E-state index contributed by atoms with van der Waals surface area (Å²) in [5.41, 5.74) is 4.20. The molecule has 0 unspecified atom stereocenters. The van der Waals surface area contributed by atoms with Gasteiger partial charge in [0.05, 0.1) is 11.4 Å². The number of piperidine rings is 1. The van der Waals surface area contributed by atoms with Gasteiger partial charge in [0.15, 0.2) is 11.5 Å². The minimum absolute atomic E-state index is 0.236. The number of aromatic nitrogens is 5. The summed E-state index contributed by atoms with van der Waals surface area (Å²) in [6.07, 6.45) is 4.36. The van der Waals surface area contributed by atoms with Gasteiger partial charge < -0.3 is 15.2 Å². The van der Waals surface area contributed by atoms with Gasteiger partial charge in [-0.1, -0.05) is 37.3 Å². The first kappa shape index (κ1) is 18.7. The summed E-state index contributed by atoms with van der Waals surface area (Å²) in [7, 11) is 2.14. The van der Waals surface area contributed by atoms with Crippen LogP contribution in [0.15, 0.2) is 41.5 Å². The predicted octanol–water partition coefficient (Wildman–Crippen LogP) is 2.70. The zero-order valence-corrected chi connectivity index (χ0v) is 17.2. The van der Waals surface area contributed by atoms with Gasteiger partial charge in [-0.05, 0) is 39.4 Å². The fourth-order valence-electron chi connectivity index (χ4n) is 4.27. The molecular weight excluding hydrogens is 378 g/mol. The van der Waals surface area contributed by atoms with Crippen molar-refractivity contribution < 1.29 is 0 Å². The van der Waals surface area contributed by atoms with Crippen molar-refractivity contribution in [3.8, 4) is 11.3 Å². The summed E-state index contributed by atoms with van der Waals surface area (Å²) in [5.74, 6) is 0.672. The molecule has 5 rings (SSSR count). The number of aromatic amines is 1. The summed E-state index contributed by atoms with van der Waals surface area (Å²) in [5, 5.41) is 3.53. The topological polar surface area (TPSA) is 91.2 Å². The van der Waals surface area contributed by atoms with E-state index < -0.39 is 0 Å². The maximum atomic E-state index is 13.0. The minimum atomic E-state index is -0.236. The standard InChI is InChI=1S/C22H25N7O/c1-3-16-17(14-7-5-4-6-8-14)26-21-22(30)27-18-19(23-13-24-20(18)29(16)21)25-15-9-11-28(2)12-10-15/h4-8,13,15H,3,9-12H2,1-2H3,(H,27,30)(H,23,24,25). The Balaban J connectivity index is 1.68. The van der Waals surface area contributed by atoms with Gasteiger partial charge in [0.2, 0.25) is 5.65 Å². The molecule has 0 saturated carbocycles. The lowest BCUT2D eigenvalue weighted by Crippen LogP contribution is -2.37. The second-order valence-corrected chi connectivity index (χ2v) is 7.88. The molecule has 8 nitrogen and oxygen atoms in total. The number of benzene rings is 1. The van der Waals surface area contributed by atoms with Crippen molar-refractivity contribution in [1.29, 1.82) is 0 Å². The number of likely N-dealkylation sites (tertiary alicyclic amines) is 1. The number of nitrogens with zero attached hydrogens (tertiary/aromatic N) is 5. The summed E-state index contributed by atoms with van der Waals surface area (Å²) >= 11 is 0. The van der Waals surface area contributed by atoms with Crippen molar-refractivity contribution in [2.45, 2.75) is 32.2 Å². The van der Waals surface area contributed by atoms with Crippen LogP contribution in [0.4, 0.5) is 5.82 Å². The Kier molecular flexibility index (Phi) is 4.71. The number of fused-ring (bicyclic) bond motifs is 3. The maximum absolute atomic E-state index is 13.0. The molecular formula is C22H25N7O. The van der Waals surface area contributed by atoms with E-state index >= 15 is 0 Å². The third kappa shape index (κ3) is 3.13. The molecule has 0 atom stereocenters. The lowest BCUT2D eigenvalue weighted by molar-refractivity contribution is 0.263. The fourth-order valence-corrected chi connectivity index (χ4v) is 4.27. The first-order chi connectivity index (χ1) is 14.7. The van der Waals surface area contributed by atoms with E-state index in [0.29, 0.717) is 28.7 Å². The molecule has 3 aromatic heterocycles. The van der Waals surface area contributed by atoms with E-state index in [4.69, 9.17) is 0 Å². The molecule has 0 amide bonds. The molecule has 1 fully saturated rings. The van der Waals surface area contributed by atoms with Crippen LogP contribution in [0.25, 0.3) is 28.1 Å². The van der Waals surface area contributed by atoms with Crippen molar-refractivity contribution in [2.24, 2.45) is 0 Å². The molecule has 0 aliphatic carbocycles. The molecule has 0 radical (unpaired) electrons.